The minimum atomic E-state index is -0.274. The van der Waals surface area contributed by atoms with E-state index in [1.807, 2.05) is 25.3 Å². The average Bonchev–Trinajstić information content (AvgIpc) is 3.05. The lowest BCUT2D eigenvalue weighted by molar-refractivity contribution is -0.131. The van der Waals surface area contributed by atoms with Crippen molar-refractivity contribution in [1.29, 1.82) is 0 Å². The van der Waals surface area contributed by atoms with Crippen LogP contribution in [-0.4, -0.2) is 16.1 Å². The molecule has 4 atom stereocenters. The van der Waals surface area contributed by atoms with Crippen LogP contribution >= 0.6 is 11.3 Å². The van der Waals surface area contributed by atoms with Gasteiger partial charge in [0.2, 0.25) is 5.91 Å². The predicted molar refractivity (Wildman–Crippen MR) is 72.9 cm³/mol. The van der Waals surface area contributed by atoms with Crippen LogP contribution < -0.4 is 5.48 Å². The van der Waals surface area contributed by atoms with Crippen molar-refractivity contribution >= 4 is 17.2 Å². The maximum absolute atomic E-state index is 11.8. The van der Waals surface area contributed by atoms with Crippen molar-refractivity contribution in [2.45, 2.75) is 19.3 Å². The van der Waals surface area contributed by atoms with E-state index in [-0.39, 0.29) is 23.7 Å². The number of aryl methyl sites for hydroxylation is 1. The lowest BCUT2D eigenvalue weighted by atomic mass is 9.93. The highest BCUT2D eigenvalue weighted by molar-refractivity contribution is 7.11. The first-order valence-corrected chi connectivity index (χ1v) is 7.23. The van der Waals surface area contributed by atoms with E-state index in [0.717, 1.165) is 16.3 Å². The Hall–Kier alpha value is -1.46. The Morgan fingerprint density at radius 1 is 1.53 bits per heavy atom. The Balaban J connectivity index is 1.83. The maximum Gasteiger partial charge on any atom is 0.247 e. The monoisotopic (exact) mass is 276 g/mol. The molecular formula is C14H16N2O2S. The molecule has 1 aromatic rings. The summed E-state index contributed by atoms with van der Waals surface area (Å²) in [5.74, 6) is 0.433. The van der Waals surface area contributed by atoms with Crippen molar-refractivity contribution < 1.29 is 10.0 Å². The average molecular weight is 276 g/mol. The summed E-state index contributed by atoms with van der Waals surface area (Å²) in [6, 6.07) is 0. The van der Waals surface area contributed by atoms with Gasteiger partial charge in [0, 0.05) is 17.0 Å². The zero-order valence-electron chi connectivity index (χ0n) is 10.6. The quantitative estimate of drug-likeness (QED) is 0.658. The SMILES string of the molecule is Cc1ncc([C@H]2[C@H](C(=O)NO)[C@@H]2C2C=CC=CC2)s1. The molecule has 1 amide bonds. The highest BCUT2D eigenvalue weighted by Gasteiger charge is 2.58. The third-order valence-electron chi connectivity index (χ3n) is 3.96. The van der Waals surface area contributed by atoms with Crippen molar-refractivity contribution in [3.05, 3.63) is 40.4 Å². The molecule has 0 radical (unpaired) electrons. The van der Waals surface area contributed by atoms with Crippen LogP contribution in [0.15, 0.2) is 30.5 Å². The van der Waals surface area contributed by atoms with Gasteiger partial charge in [0.05, 0.1) is 10.9 Å². The van der Waals surface area contributed by atoms with Gasteiger partial charge in [-0.2, -0.15) is 0 Å². The van der Waals surface area contributed by atoms with Gasteiger partial charge in [-0.15, -0.1) is 11.3 Å². The Kier molecular flexibility index (Phi) is 3.24. The zero-order chi connectivity index (χ0) is 13.4. The molecule has 0 aromatic carbocycles. The minimum absolute atomic E-state index is 0.133. The van der Waals surface area contributed by atoms with Gasteiger partial charge in [-0.1, -0.05) is 24.3 Å². The highest BCUT2D eigenvalue weighted by atomic mass is 32.1. The van der Waals surface area contributed by atoms with Crippen molar-refractivity contribution in [2.24, 2.45) is 17.8 Å². The molecule has 2 N–H and O–H groups in total. The molecule has 100 valence electrons. The molecule has 5 heteroatoms. The Morgan fingerprint density at radius 3 is 2.95 bits per heavy atom. The minimum Gasteiger partial charge on any atom is -0.289 e. The fourth-order valence-electron chi connectivity index (χ4n) is 3.06. The smallest absolute Gasteiger partial charge is 0.247 e. The number of nitrogens with one attached hydrogen (secondary N) is 1. The first-order valence-electron chi connectivity index (χ1n) is 6.42. The first kappa shape index (κ1) is 12.6. The summed E-state index contributed by atoms with van der Waals surface area (Å²) < 4.78 is 0. The van der Waals surface area contributed by atoms with Gasteiger partial charge >= 0.3 is 0 Å². The maximum atomic E-state index is 11.8. The number of hydrogen-bond donors (Lipinski definition) is 2. The van der Waals surface area contributed by atoms with Gasteiger partial charge in [0.25, 0.3) is 0 Å². The normalized spacial score (nSPS) is 32.3. The second-order valence-corrected chi connectivity index (χ2v) is 6.37. The van der Waals surface area contributed by atoms with Crippen LogP contribution in [0.2, 0.25) is 0 Å². The van der Waals surface area contributed by atoms with Gasteiger partial charge in [-0.25, -0.2) is 10.5 Å². The van der Waals surface area contributed by atoms with Crippen LogP contribution in [0.25, 0.3) is 0 Å². The Labute approximate surface area is 115 Å². The van der Waals surface area contributed by atoms with Crippen LogP contribution in [0, 0.1) is 24.7 Å². The number of amides is 1. The number of aromatic nitrogens is 1. The molecule has 3 rings (SSSR count). The number of thiazole rings is 1. The number of carbonyl (C=O) groups excluding carboxylic acids is 1. The number of allylic oxidation sites excluding steroid dienone is 4. The van der Waals surface area contributed by atoms with Crippen LogP contribution in [0.4, 0.5) is 0 Å². The van der Waals surface area contributed by atoms with Gasteiger partial charge in [-0.3, -0.25) is 10.0 Å². The lowest BCUT2D eigenvalue weighted by Gasteiger charge is -2.12. The van der Waals surface area contributed by atoms with Gasteiger partial charge in [-0.05, 0) is 25.2 Å². The number of rotatable bonds is 3. The third kappa shape index (κ3) is 2.24. The summed E-state index contributed by atoms with van der Waals surface area (Å²) >= 11 is 1.64. The first-order chi connectivity index (χ1) is 9.22. The van der Waals surface area contributed by atoms with E-state index < -0.39 is 0 Å². The van der Waals surface area contributed by atoms with E-state index in [1.54, 1.807) is 16.8 Å². The molecule has 0 spiro atoms. The Morgan fingerprint density at radius 2 is 2.37 bits per heavy atom. The van der Waals surface area contributed by atoms with Gasteiger partial charge in [0.15, 0.2) is 0 Å². The highest BCUT2D eigenvalue weighted by Crippen LogP contribution is 2.60. The molecule has 19 heavy (non-hydrogen) atoms. The predicted octanol–water partition coefficient (Wildman–Crippen LogP) is 2.42. The summed E-state index contributed by atoms with van der Waals surface area (Å²) in [4.78, 5) is 17.2. The molecule has 1 saturated carbocycles. The Bertz CT molecular complexity index is 549. The van der Waals surface area contributed by atoms with Gasteiger partial charge in [0.1, 0.15) is 0 Å². The molecule has 2 aliphatic carbocycles. The van der Waals surface area contributed by atoms with E-state index >= 15 is 0 Å². The van der Waals surface area contributed by atoms with Crippen molar-refractivity contribution in [1.82, 2.24) is 10.5 Å². The summed E-state index contributed by atoms with van der Waals surface area (Å²) in [5.41, 5.74) is 1.81. The molecular weight excluding hydrogens is 260 g/mol. The zero-order valence-corrected chi connectivity index (χ0v) is 11.4. The van der Waals surface area contributed by atoms with E-state index in [9.17, 15) is 4.79 Å². The fraction of sp³-hybridized carbons (Fsp3) is 0.429. The summed E-state index contributed by atoms with van der Waals surface area (Å²) in [6.45, 7) is 1.97. The van der Waals surface area contributed by atoms with E-state index in [1.165, 1.54) is 0 Å². The summed E-state index contributed by atoms with van der Waals surface area (Å²) in [7, 11) is 0. The number of nitrogens with zero attached hydrogens (tertiary/aromatic N) is 1. The van der Waals surface area contributed by atoms with Crippen molar-refractivity contribution in [3.8, 4) is 0 Å². The second kappa shape index (κ2) is 4.90. The molecule has 1 heterocycles. The molecule has 1 fully saturated rings. The van der Waals surface area contributed by atoms with Crippen molar-refractivity contribution in [2.75, 3.05) is 0 Å². The third-order valence-corrected chi connectivity index (χ3v) is 4.98. The summed E-state index contributed by atoms with van der Waals surface area (Å²) in [6.07, 6.45) is 11.2. The van der Waals surface area contributed by atoms with Crippen LogP contribution in [0.1, 0.15) is 22.2 Å². The molecule has 0 saturated heterocycles. The molecule has 2 aliphatic rings. The van der Waals surface area contributed by atoms with E-state index in [4.69, 9.17) is 5.21 Å². The fourth-order valence-corrected chi connectivity index (χ4v) is 4.05. The van der Waals surface area contributed by atoms with Crippen molar-refractivity contribution in [3.63, 3.8) is 0 Å². The van der Waals surface area contributed by atoms with E-state index in [0.29, 0.717) is 5.92 Å². The summed E-state index contributed by atoms with van der Waals surface area (Å²) in [5, 5.41) is 9.90. The lowest BCUT2D eigenvalue weighted by Crippen LogP contribution is -2.22. The second-order valence-electron chi connectivity index (χ2n) is 5.10. The largest absolute Gasteiger partial charge is 0.289 e. The number of hydroxylamine groups is 1. The molecule has 0 bridgehead atoms. The van der Waals surface area contributed by atoms with Crippen LogP contribution in [0.3, 0.4) is 0 Å². The van der Waals surface area contributed by atoms with Crippen LogP contribution in [0.5, 0.6) is 0 Å². The van der Waals surface area contributed by atoms with E-state index in [2.05, 4.69) is 17.1 Å². The standard InChI is InChI=1S/C14H16N2O2S/c1-8-15-7-10(19-8)12-11(13(12)14(17)16-18)9-5-3-2-4-6-9/h2-5,7,9,11-13,18H,6H2,1H3,(H,16,17)/t9?,11-,12-,13-/m1/s1. The topological polar surface area (TPSA) is 62.2 Å². The number of carbonyl (C=O) groups is 1. The molecule has 4 nitrogen and oxygen atoms in total. The number of hydrogen-bond acceptors (Lipinski definition) is 4. The molecule has 0 aliphatic heterocycles. The van der Waals surface area contributed by atoms with Crippen LogP contribution in [-0.2, 0) is 4.79 Å². The van der Waals surface area contributed by atoms with Gasteiger partial charge < -0.3 is 0 Å². The molecule has 1 unspecified atom stereocenters. The molecule has 1 aromatic heterocycles.